The lowest BCUT2D eigenvalue weighted by molar-refractivity contribution is 0.406. The van der Waals surface area contributed by atoms with Gasteiger partial charge in [-0.25, -0.2) is 8.78 Å². The fourth-order valence-electron chi connectivity index (χ4n) is 1.92. The molecule has 2 aromatic carbocycles. The molecule has 4 heteroatoms. The smallest absolute Gasteiger partial charge is 0.198 e. The minimum atomic E-state index is -0.716. The Bertz CT molecular complexity index is 603. The van der Waals surface area contributed by atoms with Crippen LogP contribution in [0.5, 0.6) is 11.5 Å². The number of nitrogens with two attached hydrogens (primary N) is 1. The van der Waals surface area contributed by atoms with Gasteiger partial charge in [0.25, 0.3) is 0 Å². The minimum absolute atomic E-state index is 0.343. The van der Waals surface area contributed by atoms with Gasteiger partial charge < -0.3 is 10.5 Å². The number of aryl methyl sites for hydroxylation is 2. The van der Waals surface area contributed by atoms with Crippen molar-refractivity contribution in [2.45, 2.75) is 20.3 Å². The number of hydrogen-bond donors (Lipinski definition) is 1. The molecule has 0 aromatic heterocycles. The van der Waals surface area contributed by atoms with Crippen LogP contribution in [0.25, 0.3) is 0 Å². The van der Waals surface area contributed by atoms with Gasteiger partial charge in [0.15, 0.2) is 17.4 Å². The maximum Gasteiger partial charge on any atom is 0.198 e. The van der Waals surface area contributed by atoms with Crippen LogP contribution in [0.3, 0.4) is 0 Å². The summed E-state index contributed by atoms with van der Waals surface area (Å²) in [5, 5.41) is 0. The van der Waals surface area contributed by atoms with Gasteiger partial charge in [0.2, 0.25) is 0 Å². The van der Waals surface area contributed by atoms with E-state index in [4.69, 9.17) is 10.5 Å². The van der Waals surface area contributed by atoms with E-state index in [2.05, 4.69) is 0 Å². The van der Waals surface area contributed by atoms with E-state index in [1.54, 1.807) is 12.1 Å². The maximum atomic E-state index is 13.9. The molecule has 0 spiro atoms. The zero-order valence-electron chi connectivity index (χ0n) is 11.5. The van der Waals surface area contributed by atoms with Crippen molar-refractivity contribution in [2.24, 2.45) is 5.73 Å². The van der Waals surface area contributed by atoms with Gasteiger partial charge in [0.1, 0.15) is 5.75 Å². The van der Waals surface area contributed by atoms with Crippen molar-refractivity contribution in [3.05, 3.63) is 58.7 Å². The molecule has 0 radical (unpaired) electrons. The van der Waals surface area contributed by atoms with Crippen LogP contribution < -0.4 is 10.5 Å². The molecule has 106 valence electrons. The molecule has 2 nitrogen and oxygen atoms in total. The highest BCUT2D eigenvalue weighted by atomic mass is 19.1. The number of halogens is 2. The van der Waals surface area contributed by atoms with E-state index in [0.717, 1.165) is 11.1 Å². The number of hydrogen-bond acceptors (Lipinski definition) is 2. The maximum absolute atomic E-state index is 13.9. The summed E-state index contributed by atoms with van der Waals surface area (Å²) in [6.07, 6.45) is 0.428. The number of benzene rings is 2. The first-order chi connectivity index (χ1) is 9.51. The van der Waals surface area contributed by atoms with Crippen molar-refractivity contribution in [2.75, 3.05) is 6.54 Å². The quantitative estimate of drug-likeness (QED) is 0.920. The Kier molecular flexibility index (Phi) is 4.35. The van der Waals surface area contributed by atoms with Gasteiger partial charge in [-0.2, -0.15) is 0 Å². The Hall–Kier alpha value is -1.94. The highest BCUT2D eigenvalue weighted by molar-refractivity contribution is 5.39. The fraction of sp³-hybridized carbons (Fsp3) is 0.250. The topological polar surface area (TPSA) is 35.2 Å². The van der Waals surface area contributed by atoms with E-state index < -0.39 is 11.6 Å². The lowest BCUT2D eigenvalue weighted by Crippen LogP contribution is -2.04. The molecule has 20 heavy (non-hydrogen) atoms. The van der Waals surface area contributed by atoms with Gasteiger partial charge in [-0.1, -0.05) is 6.07 Å². The third-order valence-electron chi connectivity index (χ3n) is 3.19. The monoisotopic (exact) mass is 277 g/mol. The summed E-state index contributed by atoms with van der Waals surface area (Å²) in [5.41, 5.74) is 8.00. The molecule has 0 bridgehead atoms. The minimum Gasteiger partial charge on any atom is -0.451 e. The van der Waals surface area contributed by atoms with Gasteiger partial charge in [-0.3, -0.25) is 0 Å². The Balaban J connectivity index is 2.31. The van der Waals surface area contributed by atoms with Crippen LogP contribution in [0.2, 0.25) is 0 Å². The van der Waals surface area contributed by atoms with E-state index in [1.807, 2.05) is 19.9 Å². The number of ether oxygens (including phenoxy) is 1. The standard InChI is InChI=1S/C16H17F2NO/c1-10-3-4-13(7-11(10)2)20-16-14(17)8-12(5-6-19)9-15(16)18/h3-4,7-9H,5-6,19H2,1-2H3. The van der Waals surface area contributed by atoms with E-state index in [9.17, 15) is 8.78 Å². The van der Waals surface area contributed by atoms with Crippen molar-refractivity contribution in [3.63, 3.8) is 0 Å². The van der Waals surface area contributed by atoms with Crippen LogP contribution in [0, 0.1) is 25.5 Å². The zero-order chi connectivity index (χ0) is 14.7. The molecule has 0 aliphatic heterocycles. The van der Waals surface area contributed by atoms with Gasteiger partial charge in [-0.05, 0) is 67.8 Å². The Morgan fingerprint density at radius 3 is 2.20 bits per heavy atom. The van der Waals surface area contributed by atoms with Crippen LogP contribution in [0.4, 0.5) is 8.78 Å². The molecular formula is C16H17F2NO. The average molecular weight is 277 g/mol. The molecule has 0 heterocycles. The van der Waals surface area contributed by atoms with E-state index in [-0.39, 0.29) is 5.75 Å². The molecule has 0 saturated carbocycles. The third kappa shape index (κ3) is 3.14. The first kappa shape index (κ1) is 14.5. The van der Waals surface area contributed by atoms with Crippen LogP contribution >= 0.6 is 0 Å². The first-order valence-electron chi connectivity index (χ1n) is 6.44. The van der Waals surface area contributed by atoms with Crippen molar-refractivity contribution in [1.82, 2.24) is 0 Å². The number of rotatable bonds is 4. The van der Waals surface area contributed by atoms with E-state index in [0.29, 0.717) is 24.3 Å². The summed E-state index contributed by atoms with van der Waals surface area (Å²) in [6.45, 7) is 4.22. The molecule has 2 rings (SSSR count). The van der Waals surface area contributed by atoms with Crippen LogP contribution in [0.1, 0.15) is 16.7 Å². The highest BCUT2D eigenvalue weighted by Crippen LogP contribution is 2.29. The zero-order valence-corrected chi connectivity index (χ0v) is 11.5. The van der Waals surface area contributed by atoms with Crippen LogP contribution in [0.15, 0.2) is 30.3 Å². The highest BCUT2D eigenvalue weighted by Gasteiger charge is 2.13. The van der Waals surface area contributed by atoms with Crippen molar-refractivity contribution >= 4 is 0 Å². The molecule has 0 fully saturated rings. The van der Waals surface area contributed by atoms with Gasteiger partial charge in [0, 0.05) is 0 Å². The molecular weight excluding hydrogens is 260 g/mol. The predicted molar refractivity (Wildman–Crippen MR) is 75.1 cm³/mol. The van der Waals surface area contributed by atoms with E-state index >= 15 is 0 Å². The molecule has 0 saturated heterocycles. The van der Waals surface area contributed by atoms with Crippen molar-refractivity contribution in [3.8, 4) is 11.5 Å². The summed E-state index contributed by atoms with van der Waals surface area (Å²) in [5.74, 6) is -1.40. The first-order valence-corrected chi connectivity index (χ1v) is 6.44. The lowest BCUT2D eigenvalue weighted by Gasteiger charge is -2.11. The molecule has 0 amide bonds. The summed E-state index contributed by atoms with van der Waals surface area (Å²) >= 11 is 0. The molecule has 2 N–H and O–H groups in total. The second kappa shape index (κ2) is 6.01. The van der Waals surface area contributed by atoms with E-state index in [1.165, 1.54) is 12.1 Å². The van der Waals surface area contributed by atoms with Crippen molar-refractivity contribution < 1.29 is 13.5 Å². The Morgan fingerprint density at radius 1 is 1.00 bits per heavy atom. The SMILES string of the molecule is Cc1ccc(Oc2c(F)cc(CCN)cc2F)cc1C. The largest absolute Gasteiger partial charge is 0.451 e. The molecule has 2 aromatic rings. The Morgan fingerprint density at radius 2 is 1.65 bits per heavy atom. The fourth-order valence-corrected chi connectivity index (χ4v) is 1.92. The molecule has 0 aliphatic rings. The predicted octanol–water partition coefficient (Wildman–Crippen LogP) is 3.88. The summed E-state index contributed by atoms with van der Waals surface area (Å²) in [7, 11) is 0. The third-order valence-corrected chi connectivity index (χ3v) is 3.19. The normalized spacial score (nSPS) is 10.7. The summed E-state index contributed by atoms with van der Waals surface area (Å²) in [4.78, 5) is 0. The second-order valence-corrected chi connectivity index (χ2v) is 4.78. The average Bonchev–Trinajstić information content (AvgIpc) is 2.38. The van der Waals surface area contributed by atoms with Gasteiger partial charge >= 0.3 is 0 Å². The van der Waals surface area contributed by atoms with Crippen molar-refractivity contribution in [1.29, 1.82) is 0 Å². The Labute approximate surface area is 117 Å². The van der Waals surface area contributed by atoms with Gasteiger partial charge in [-0.15, -0.1) is 0 Å². The molecule has 0 atom stereocenters. The second-order valence-electron chi connectivity index (χ2n) is 4.78. The molecule has 0 aliphatic carbocycles. The summed E-state index contributed by atoms with van der Waals surface area (Å²) < 4.78 is 33.1. The van der Waals surface area contributed by atoms with Gasteiger partial charge in [0.05, 0.1) is 0 Å². The molecule has 0 unspecified atom stereocenters. The van der Waals surface area contributed by atoms with Crippen LogP contribution in [-0.4, -0.2) is 6.54 Å². The summed E-state index contributed by atoms with van der Waals surface area (Å²) in [6, 6.07) is 7.80. The lowest BCUT2D eigenvalue weighted by atomic mass is 10.1. The van der Waals surface area contributed by atoms with Crippen LogP contribution in [-0.2, 0) is 6.42 Å².